The lowest BCUT2D eigenvalue weighted by Crippen LogP contribution is -1.80. The van der Waals surface area contributed by atoms with E-state index in [1.165, 1.54) is 8.96 Å². The minimum absolute atomic E-state index is 1.05. The summed E-state index contributed by atoms with van der Waals surface area (Å²) in [7, 11) is 0. The van der Waals surface area contributed by atoms with Crippen LogP contribution in [0.3, 0.4) is 0 Å². The van der Waals surface area contributed by atoms with E-state index in [0.29, 0.717) is 0 Å². The maximum absolute atomic E-state index is 4.26. The number of rotatable bonds is 0. The number of aromatic nitrogens is 1. The van der Waals surface area contributed by atoms with Crippen molar-refractivity contribution in [2.45, 2.75) is 0 Å². The van der Waals surface area contributed by atoms with Crippen LogP contribution >= 0.6 is 38.5 Å². The molecule has 0 unspecified atom stereocenters. The minimum atomic E-state index is 1.05. The number of halogens is 2. The van der Waals surface area contributed by atoms with Crippen molar-refractivity contribution in [3.05, 3.63) is 38.5 Å². The van der Waals surface area contributed by atoms with Crippen molar-refractivity contribution in [3.63, 3.8) is 0 Å². The third kappa shape index (κ3) is 1.47. The highest BCUT2D eigenvalue weighted by Crippen LogP contribution is 2.24. The van der Waals surface area contributed by atoms with E-state index in [1.807, 2.05) is 12.3 Å². The average molecular weight is 334 g/mol. The molecule has 0 aliphatic heterocycles. The van der Waals surface area contributed by atoms with Crippen molar-refractivity contribution >= 4 is 49.4 Å². The Bertz CT molecular complexity index is 387. The van der Waals surface area contributed by atoms with E-state index in [9.17, 15) is 0 Å². The van der Waals surface area contributed by atoms with Crippen LogP contribution in [0.25, 0.3) is 10.9 Å². The van der Waals surface area contributed by atoms with Gasteiger partial charge in [0.25, 0.3) is 0 Å². The van der Waals surface area contributed by atoms with E-state index in [0.717, 1.165) is 9.99 Å². The number of benzene rings is 1. The first kappa shape index (κ1) is 8.44. The summed E-state index contributed by atoms with van der Waals surface area (Å²) in [5, 5.41) is 1.17. The standard InChI is InChI=1S/C9H5BrIN/c10-7-4-6-2-1-3-12-9(6)5-8(7)11/h1-5H. The number of nitrogens with zero attached hydrogens (tertiary/aromatic N) is 1. The second kappa shape index (κ2) is 3.30. The van der Waals surface area contributed by atoms with Gasteiger partial charge in [0.05, 0.1) is 5.52 Å². The summed E-state index contributed by atoms with van der Waals surface area (Å²) in [6.45, 7) is 0. The van der Waals surface area contributed by atoms with Crippen LogP contribution in [0.2, 0.25) is 0 Å². The highest BCUT2D eigenvalue weighted by molar-refractivity contribution is 14.1. The first-order valence-electron chi connectivity index (χ1n) is 3.47. The molecule has 0 spiro atoms. The number of hydrogen-bond donors (Lipinski definition) is 0. The average Bonchev–Trinajstić information content (AvgIpc) is 2.07. The zero-order valence-electron chi connectivity index (χ0n) is 6.09. The van der Waals surface area contributed by atoms with Crippen molar-refractivity contribution in [3.8, 4) is 0 Å². The van der Waals surface area contributed by atoms with Gasteiger partial charge in [0.15, 0.2) is 0 Å². The topological polar surface area (TPSA) is 12.9 Å². The summed E-state index contributed by atoms with van der Waals surface area (Å²) < 4.78 is 2.32. The molecule has 1 heterocycles. The Kier molecular flexibility index (Phi) is 2.32. The van der Waals surface area contributed by atoms with Gasteiger partial charge >= 0.3 is 0 Å². The Balaban J connectivity index is 2.84. The molecule has 3 heteroatoms. The fourth-order valence-electron chi connectivity index (χ4n) is 1.07. The lowest BCUT2D eigenvalue weighted by molar-refractivity contribution is 1.40. The first-order valence-corrected chi connectivity index (χ1v) is 5.34. The summed E-state index contributed by atoms with van der Waals surface area (Å²) in [4.78, 5) is 4.26. The van der Waals surface area contributed by atoms with E-state index in [4.69, 9.17) is 0 Å². The number of fused-ring (bicyclic) bond motifs is 1. The molecule has 0 aliphatic carbocycles. The summed E-state index contributed by atoms with van der Waals surface area (Å²) in [6.07, 6.45) is 1.81. The van der Waals surface area contributed by atoms with Crippen LogP contribution in [0.1, 0.15) is 0 Å². The van der Waals surface area contributed by atoms with Crippen molar-refractivity contribution in [1.29, 1.82) is 0 Å². The van der Waals surface area contributed by atoms with Crippen molar-refractivity contribution in [2.75, 3.05) is 0 Å². The van der Waals surface area contributed by atoms with Gasteiger partial charge < -0.3 is 0 Å². The van der Waals surface area contributed by atoms with Gasteiger partial charge in [-0.15, -0.1) is 0 Å². The maximum Gasteiger partial charge on any atom is 0.0713 e. The molecule has 0 N–H and O–H groups in total. The Morgan fingerprint density at radius 2 is 2.17 bits per heavy atom. The van der Waals surface area contributed by atoms with Gasteiger partial charge in [-0.3, -0.25) is 4.98 Å². The van der Waals surface area contributed by atoms with E-state index in [2.05, 4.69) is 61.7 Å². The van der Waals surface area contributed by atoms with Crippen LogP contribution in [0.5, 0.6) is 0 Å². The summed E-state index contributed by atoms with van der Waals surface area (Å²) in [5.41, 5.74) is 1.05. The monoisotopic (exact) mass is 333 g/mol. The molecule has 1 aromatic heterocycles. The summed E-state index contributed by atoms with van der Waals surface area (Å²) in [5.74, 6) is 0. The molecule has 60 valence electrons. The molecule has 0 bridgehead atoms. The second-order valence-corrected chi connectivity index (χ2v) is 4.48. The summed E-state index contributed by atoms with van der Waals surface area (Å²) >= 11 is 5.77. The Morgan fingerprint density at radius 1 is 1.33 bits per heavy atom. The highest BCUT2D eigenvalue weighted by Gasteiger charge is 1.98. The van der Waals surface area contributed by atoms with Crippen LogP contribution in [0.15, 0.2) is 34.9 Å². The smallest absolute Gasteiger partial charge is 0.0713 e. The first-order chi connectivity index (χ1) is 5.77. The van der Waals surface area contributed by atoms with Crippen molar-refractivity contribution in [2.24, 2.45) is 0 Å². The molecule has 0 amide bonds. The van der Waals surface area contributed by atoms with Gasteiger partial charge in [-0.05, 0) is 56.7 Å². The molecular formula is C9H5BrIN. The highest BCUT2D eigenvalue weighted by atomic mass is 127. The third-order valence-corrected chi connectivity index (χ3v) is 3.93. The lowest BCUT2D eigenvalue weighted by Gasteiger charge is -1.99. The fraction of sp³-hybridized carbons (Fsp3) is 0. The molecule has 2 rings (SSSR count). The van der Waals surface area contributed by atoms with E-state index < -0.39 is 0 Å². The van der Waals surface area contributed by atoms with Gasteiger partial charge in [-0.2, -0.15) is 0 Å². The molecule has 0 saturated carbocycles. The molecule has 1 nitrogen and oxygen atoms in total. The Labute approximate surface area is 92.5 Å². The number of hydrogen-bond acceptors (Lipinski definition) is 1. The van der Waals surface area contributed by atoms with Gasteiger partial charge in [0.2, 0.25) is 0 Å². The number of pyridine rings is 1. The maximum atomic E-state index is 4.26. The van der Waals surface area contributed by atoms with Gasteiger partial charge in [-0.1, -0.05) is 6.07 Å². The second-order valence-electron chi connectivity index (χ2n) is 2.46. The fourth-order valence-corrected chi connectivity index (χ4v) is 1.88. The van der Waals surface area contributed by atoms with Gasteiger partial charge in [0, 0.05) is 19.6 Å². The quantitative estimate of drug-likeness (QED) is 0.671. The molecule has 0 saturated heterocycles. The van der Waals surface area contributed by atoms with Gasteiger partial charge in [0.1, 0.15) is 0 Å². The molecule has 0 aliphatic rings. The lowest BCUT2D eigenvalue weighted by atomic mass is 10.2. The van der Waals surface area contributed by atoms with Crippen LogP contribution in [0, 0.1) is 3.57 Å². The molecule has 0 atom stereocenters. The summed E-state index contributed by atoms with van der Waals surface area (Å²) in [6, 6.07) is 8.16. The van der Waals surface area contributed by atoms with Crippen LogP contribution < -0.4 is 0 Å². The normalized spacial score (nSPS) is 10.5. The predicted octanol–water partition coefficient (Wildman–Crippen LogP) is 3.60. The Morgan fingerprint density at radius 3 is 3.00 bits per heavy atom. The molecule has 12 heavy (non-hydrogen) atoms. The van der Waals surface area contributed by atoms with Crippen LogP contribution in [-0.4, -0.2) is 4.98 Å². The van der Waals surface area contributed by atoms with E-state index in [-0.39, 0.29) is 0 Å². The molecular weight excluding hydrogens is 329 g/mol. The van der Waals surface area contributed by atoms with Crippen molar-refractivity contribution < 1.29 is 0 Å². The molecule has 1 aromatic carbocycles. The van der Waals surface area contributed by atoms with E-state index in [1.54, 1.807) is 0 Å². The predicted molar refractivity (Wildman–Crippen MR) is 62.2 cm³/mol. The van der Waals surface area contributed by atoms with E-state index >= 15 is 0 Å². The van der Waals surface area contributed by atoms with Crippen LogP contribution in [-0.2, 0) is 0 Å². The molecule has 2 aromatic rings. The third-order valence-electron chi connectivity index (χ3n) is 1.65. The largest absolute Gasteiger partial charge is 0.256 e. The zero-order chi connectivity index (χ0) is 8.55. The van der Waals surface area contributed by atoms with Gasteiger partial charge in [-0.25, -0.2) is 0 Å². The minimum Gasteiger partial charge on any atom is -0.256 e. The van der Waals surface area contributed by atoms with Crippen LogP contribution in [0.4, 0.5) is 0 Å². The molecule has 0 fully saturated rings. The molecule has 0 radical (unpaired) electrons. The SMILES string of the molecule is Brc1cc2cccnc2cc1I. The Hall–Kier alpha value is -0.160. The van der Waals surface area contributed by atoms with Crippen molar-refractivity contribution in [1.82, 2.24) is 4.98 Å². The zero-order valence-corrected chi connectivity index (χ0v) is 9.83.